The Balaban J connectivity index is 2.34. The monoisotopic (exact) mass is 208 g/mol. The smallest absolute Gasteiger partial charge is 0.126 e. The maximum Gasteiger partial charge on any atom is 0.126 e. The Bertz CT molecular complexity index is 348. The van der Waals surface area contributed by atoms with Crippen molar-refractivity contribution in [2.24, 2.45) is 5.92 Å². The van der Waals surface area contributed by atoms with Gasteiger partial charge in [0, 0.05) is 6.07 Å². The van der Waals surface area contributed by atoms with Crippen molar-refractivity contribution in [2.75, 3.05) is 6.61 Å². The number of hydrogen-bond donors (Lipinski definition) is 0. The number of rotatable bonds is 2. The predicted molar refractivity (Wildman–Crippen MR) is 58.7 cm³/mol. The van der Waals surface area contributed by atoms with Crippen LogP contribution in [-0.2, 0) is 0 Å². The number of ether oxygens (including phenoxy) is 1. The van der Waals surface area contributed by atoms with Crippen molar-refractivity contribution in [3.63, 3.8) is 0 Å². The summed E-state index contributed by atoms with van der Waals surface area (Å²) in [5.41, 5.74) is 1.18. The molecular weight excluding hydrogens is 191 g/mol. The normalized spacial score (nSPS) is 21.7. The lowest BCUT2D eigenvalue weighted by Gasteiger charge is -2.29. The highest BCUT2D eigenvalue weighted by Gasteiger charge is 2.25. The van der Waals surface area contributed by atoms with Crippen molar-refractivity contribution in [3.8, 4) is 5.75 Å². The standard InChI is InChI=1S/C13H17FO/c1-3-9(2)11-6-7-15-13-8-10(14)4-5-12(11)13/h4-5,8-9,11H,3,6-7H2,1-2H3/t9?,11-/m1/s1. The molecule has 82 valence electrons. The van der Waals surface area contributed by atoms with Gasteiger partial charge in [-0.15, -0.1) is 0 Å². The number of benzene rings is 1. The van der Waals surface area contributed by atoms with Crippen molar-refractivity contribution in [3.05, 3.63) is 29.6 Å². The Hall–Kier alpha value is -1.05. The largest absolute Gasteiger partial charge is 0.493 e. The fourth-order valence-corrected chi connectivity index (χ4v) is 2.27. The maximum atomic E-state index is 13.0. The molecule has 1 aliphatic heterocycles. The Morgan fingerprint density at radius 1 is 1.53 bits per heavy atom. The minimum atomic E-state index is -0.210. The number of halogens is 1. The van der Waals surface area contributed by atoms with Crippen LogP contribution < -0.4 is 4.74 Å². The molecule has 0 radical (unpaired) electrons. The zero-order valence-corrected chi connectivity index (χ0v) is 9.29. The van der Waals surface area contributed by atoms with Crippen LogP contribution in [0, 0.1) is 11.7 Å². The van der Waals surface area contributed by atoms with Gasteiger partial charge in [-0.1, -0.05) is 26.3 Å². The van der Waals surface area contributed by atoms with Crippen LogP contribution in [0.25, 0.3) is 0 Å². The van der Waals surface area contributed by atoms with Gasteiger partial charge in [0.1, 0.15) is 11.6 Å². The summed E-state index contributed by atoms with van der Waals surface area (Å²) >= 11 is 0. The number of fused-ring (bicyclic) bond motifs is 1. The van der Waals surface area contributed by atoms with E-state index in [0.29, 0.717) is 18.4 Å². The zero-order chi connectivity index (χ0) is 10.8. The second-order valence-electron chi connectivity index (χ2n) is 4.31. The lowest BCUT2D eigenvalue weighted by molar-refractivity contribution is 0.239. The van der Waals surface area contributed by atoms with E-state index in [1.54, 1.807) is 0 Å². The fraction of sp³-hybridized carbons (Fsp3) is 0.538. The SMILES string of the molecule is CCC(C)[C@H]1CCOc2cc(F)ccc21. The van der Waals surface area contributed by atoms with Gasteiger partial charge >= 0.3 is 0 Å². The van der Waals surface area contributed by atoms with Crippen molar-refractivity contribution in [1.29, 1.82) is 0 Å². The van der Waals surface area contributed by atoms with Gasteiger partial charge in [0.15, 0.2) is 0 Å². The highest BCUT2D eigenvalue weighted by atomic mass is 19.1. The molecule has 1 aromatic carbocycles. The van der Waals surface area contributed by atoms with E-state index < -0.39 is 0 Å². The van der Waals surface area contributed by atoms with E-state index in [0.717, 1.165) is 18.6 Å². The van der Waals surface area contributed by atoms with Crippen LogP contribution >= 0.6 is 0 Å². The first kappa shape index (κ1) is 10.5. The molecule has 1 aromatic rings. The van der Waals surface area contributed by atoms with Crippen LogP contribution in [0.3, 0.4) is 0 Å². The molecule has 0 saturated carbocycles. The van der Waals surface area contributed by atoms with Gasteiger partial charge in [-0.05, 0) is 29.9 Å². The van der Waals surface area contributed by atoms with Crippen LogP contribution in [0.4, 0.5) is 4.39 Å². The quantitative estimate of drug-likeness (QED) is 0.719. The first-order valence-corrected chi connectivity index (χ1v) is 5.64. The van der Waals surface area contributed by atoms with Crippen LogP contribution in [-0.4, -0.2) is 6.61 Å². The van der Waals surface area contributed by atoms with Gasteiger partial charge in [-0.2, -0.15) is 0 Å². The third-order valence-corrected chi connectivity index (χ3v) is 3.39. The van der Waals surface area contributed by atoms with E-state index in [2.05, 4.69) is 13.8 Å². The van der Waals surface area contributed by atoms with Crippen molar-refractivity contribution in [1.82, 2.24) is 0 Å². The predicted octanol–water partition coefficient (Wildman–Crippen LogP) is 3.74. The average Bonchev–Trinajstić information content (AvgIpc) is 2.26. The molecule has 1 aliphatic rings. The second kappa shape index (κ2) is 4.21. The fourth-order valence-electron chi connectivity index (χ4n) is 2.27. The van der Waals surface area contributed by atoms with Crippen LogP contribution in [0.5, 0.6) is 5.75 Å². The van der Waals surface area contributed by atoms with Crippen LogP contribution in [0.1, 0.15) is 38.2 Å². The van der Waals surface area contributed by atoms with Crippen LogP contribution in [0.15, 0.2) is 18.2 Å². The van der Waals surface area contributed by atoms with E-state index in [4.69, 9.17) is 4.74 Å². The average molecular weight is 208 g/mol. The van der Waals surface area contributed by atoms with E-state index in [1.807, 2.05) is 6.07 Å². The Morgan fingerprint density at radius 2 is 2.33 bits per heavy atom. The van der Waals surface area contributed by atoms with Gasteiger partial charge in [0.05, 0.1) is 6.61 Å². The first-order chi connectivity index (χ1) is 7.22. The minimum absolute atomic E-state index is 0.210. The summed E-state index contributed by atoms with van der Waals surface area (Å²) in [6.07, 6.45) is 2.20. The Morgan fingerprint density at radius 3 is 3.07 bits per heavy atom. The van der Waals surface area contributed by atoms with Crippen molar-refractivity contribution in [2.45, 2.75) is 32.6 Å². The van der Waals surface area contributed by atoms with Gasteiger partial charge < -0.3 is 4.74 Å². The van der Waals surface area contributed by atoms with E-state index >= 15 is 0 Å². The van der Waals surface area contributed by atoms with Gasteiger partial charge in [0.25, 0.3) is 0 Å². The summed E-state index contributed by atoms with van der Waals surface area (Å²) in [5, 5.41) is 0. The number of hydrogen-bond acceptors (Lipinski definition) is 1. The molecule has 0 aliphatic carbocycles. The van der Waals surface area contributed by atoms with Crippen LogP contribution in [0.2, 0.25) is 0 Å². The molecule has 0 bridgehead atoms. The molecule has 15 heavy (non-hydrogen) atoms. The highest BCUT2D eigenvalue weighted by molar-refractivity contribution is 5.38. The lowest BCUT2D eigenvalue weighted by Crippen LogP contribution is -2.19. The van der Waals surface area contributed by atoms with Gasteiger partial charge in [-0.25, -0.2) is 4.39 Å². The molecule has 0 fully saturated rings. The molecule has 0 N–H and O–H groups in total. The summed E-state index contributed by atoms with van der Waals surface area (Å²) in [6.45, 7) is 5.16. The zero-order valence-electron chi connectivity index (χ0n) is 9.29. The van der Waals surface area contributed by atoms with Gasteiger partial charge in [-0.3, -0.25) is 0 Å². The molecule has 0 saturated heterocycles. The summed E-state index contributed by atoms with van der Waals surface area (Å²) in [5.74, 6) is 1.70. The minimum Gasteiger partial charge on any atom is -0.493 e. The van der Waals surface area contributed by atoms with E-state index in [9.17, 15) is 4.39 Å². The second-order valence-corrected chi connectivity index (χ2v) is 4.31. The van der Waals surface area contributed by atoms with E-state index in [1.165, 1.54) is 17.7 Å². The molecule has 2 rings (SSSR count). The lowest BCUT2D eigenvalue weighted by atomic mass is 9.82. The van der Waals surface area contributed by atoms with E-state index in [-0.39, 0.29) is 5.82 Å². The molecule has 0 aromatic heterocycles. The molecular formula is C13H17FO. The van der Waals surface area contributed by atoms with Crippen molar-refractivity contribution < 1.29 is 9.13 Å². The summed E-state index contributed by atoms with van der Waals surface area (Å²) < 4.78 is 18.5. The van der Waals surface area contributed by atoms with Gasteiger partial charge in [0.2, 0.25) is 0 Å². The van der Waals surface area contributed by atoms with Crippen molar-refractivity contribution >= 4 is 0 Å². The third-order valence-electron chi connectivity index (χ3n) is 3.39. The molecule has 1 heterocycles. The molecule has 1 unspecified atom stereocenters. The maximum absolute atomic E-state index is 13.0. The first-order valence-electron chi connectivity index (χ1n) is 5.64. The third kappa shape index (κ3) is 1.99. The molecule has 0 amide bonds. The summed E-state index contributed by atoms with van der Waals surface area (Å²) in [7, 11) is 0. The highest BCUT2D eigenvalue weighted by Crippen LogP contribution is 2.39. The topological polar surface area (TPSA) is 9.23 Å². The summed E-state index contributed by atoms with van der Waals surface area (Å²) in [6, 6.07) is 4.91. The Labute approximate surface area is 90.3 Å². The molecule has 1 nitrogen and oxygen atoms in total. The molecule has 2 heteroatoms. The molecule has 2 atom stereocenters. The molecule has 0 spiro atoms. The summed E-state index contributed by atoms with van der Waals surface area (Å²) in [4.78, 5) is 0. The Kier molecular flexibility index (Phi) is 2.94.